The number of ether oxygens (including phenoxy) is 1. The van der Waals surface area contributed by atoms with E-state index in [1.807, 2.05) is 30.3 Å². The summed E-state index contributed by atoms with van der Waals surface area (Å²) < 4.78 is 38.1. The van der Waals surface area contributed by atoms with Crippen LogP contribution in [0.3, 0.4) is 0 Å². The Bertz CT molecular complexity index is 1290. The minimum absolute atomic E-state index is 0.0743. The van der Waals surface area contributed by atoms with Gasteiger partial charge in [0.2, 0.25) is 5.89 Å². The van der Waals surface area contributed by atoms with Gasteiger partial charge in [-0.3, -0.25) is 4.72 Å². The van der Waals surface area contributed by atoms with Gasteiger partial charge in [0.25, 0.3) is 10.0 Å². The van der Waals surface area contributed by atoms with Crippen LogP contribution in [-0.4, -0.2) is 19.4 Å². The summed E-state index contributed by atoms with van der Waals surface area (Å²) in [6.07, 6.45) is 1.43. The van der Waals surface area contributed by atoms with Crippen LogP contribution in [0.5, 0.6) is 0 Å². The number of benzene rings is 3. The van der Waals surface area contributed by atoms with Gasteiger partial charge in [0.05, 0.1) is 10.5 Å². The number of sulfonamides is 1. The van der Waals surface area contributed by atoms with Crippen LogP contribution in [0.1, 0.15) is 16.1 Å². The third-order valence-electron chi connectivity index (χ3n) is 4.33. The minimum Gasteiger partial charge on any atom is -0.455 e. The van der Waals surface area contributed by atoms with Crippen LogP contribution in [0.4, 0.5) is 5.69 Å². The van der Waals surface area contributed by atoms with Crippen molar-refractivity contribution in [3.63, 3.8) is 0 Å². The lowest BCUT2D eigenvalue weighted by molar-refractivity contribution is 0.0468. The van der Waals surface area contributed by atoms with Gasteiger partial charge in [-0.25, -0.2) is 18.2 Å². The molecule has 0 aliphatic heterocycles. The van der Waals surface area contributed by atoms with Crippen molar-refractivity contribution < 1.29 is 22.4 Å². The first-order valence-electron chi connectivity index (χ1n) is 9.36. The maximum atomic E-state index is 12.5. The topological polar surface area (TPSA) is 98.5 Å². The molecule has 0 atom stereocenters. The molecule has 0 unspecified atom stereocenters. The summed E-state index contributed by atoms with van der Waals surface area (Å²) >= 11 is 0. The second kappa shape index (κ2) is 8.85. The van der Waals surface area contributed by atoms with Gasteiger partial charge in [-0.1, -0.05) is 42.5 Å². The summed E-state index contributed by atoms with van der Waals surface area (Å²) in [5.41, 5.74) is 1.75. The van der Waals surface area contributed by atoms with E-state index in [4.69, 9.17) is 9.15 Å². The summed E-state index contributed by atoms with van der Waals surface area (Å²) in [6, 6.07) is 23.4. The lowest BCUT2D eigenvalue weighted by Gasteiger charge is -2.09. The van der Waals surface area contributed by atoms with Crippen molar-refractivity contribution in [2.75, 3.05) is 4.72 Å². The molecule has 1 aromatic heterocycles. The van der Waals surface area contributed by atoms with E-state index < -0.39 is 16.0 Å². The van der Waals surface area contributed by atoms with Crippen LogP contribution in [0.25, 0.3) is 11.5 Å². The number of hydrogen-bond donors (Lipinski definition) is 1. The van der Waals surface area contributed by atoms with Crippen LogP contribution in [0, 0.1) is 0 Å². The van der Waals surface area contributed by atoms with Crippen molar-refractivity contribution in [1.82, 2.24) is 4.98 Å². The monoisotopic (exact) mass is 434 g/mol. The number of rotatable bonds is 7. The summed E-state index contributed by atoms with van der Waals surface area (Å²) in [6.45, 7) is -0.0743. The van der Waals surface area contributed by atoms with E-state index in [1.165, 1.54) is 24.5 Å². The maximum absolute atomic E-state index is 12.5. The normalized spacial score (nSPS) is 11.1. The number of carbonyl (C=O) groups is 1. The Morgan fingerprint density at radius 3 is 2.39 bits per heavy atom. The van der Waals surface area contributed by atoms with Crippen molar-refractivity contribution in [2.24, 2.45) is 0 Å². The van der Waals surface area contributed by atoms with Crippen LogP contribution >= 0.6 is 0 Å². The summed E-state index contributed by atoms with van der Waals surface area (Å²) in [5, 5.41) is 0. The number of carbonyl (C=O) groups excluding carboxylic acids is 1. The van der Waals surface area contributed by atoms with Crippen molar-refractivity contribution in [3.05, 3.63) is 102 Å². The fourth-order valence-corrected chi connectivity index (χ4v) is 3.90. The van der Waals surface area contributed by atoms with Gasteiger partial charge >= 0.3 is 5.97 Å². The lowest BCUT2D eigenvalue weighted by Crippen LogP contribution is -2.13. The van der Waals surface area contributed by atoms with Gasteiger partial charge < -0.3 is 9.15 Å². The van der Waals surface area contributed by atoms with Gasteiger partial charge in [-0.2, -0.15) is 0 Å². The molecule has 31 heavy (non-hydrogen) atoms. The molecule has 8 heteroatoms. The Balaban J connectivity index is 1.41. The molecule has 0 spiro atoms. The third kappa shape index (κ3) is 4.99. The SMILES string of the molecule is O=C(OCc1coc(-c2ccccc2)n1)c1cccc(NS(=O)(=O)c2ccccc2)c1. The van der Waals surface area contributed by atoms with Gasteiger partial charge in [0, 0.05) is 11.3 Å². The van der Waals surface area contributed by atoms with E-state index >= 15 is 0 Å². The zero-order chi connectivity index (χ0) is 21.7. The first-order valence-corrected chi connectivity index (χ1v) is 10.8. The van der Waals surface area contributed by atoms with E-state index in [-0.39, 0.29) is 22.8 Å². The Hall–Kier alpha value is -3.91. The molecular formula is C23H18N2O5S. The fraction of sp³-hybridized carbons (Fsp3) is 0.0435. The Morgan fingerprint density at radius 1 is 0.935 bits per heavy atom. The van der Waals surface area contributed by atoms with Gasteiger partial charge in [-0.05, 0) is 42.5 Å². The molecule has 0 aliphatic carbocycles. The molecule has 0 amide bonds. The van der Waals surface area contributed by atoms with Crippen LogP contribution in [-0.2, 0) is 21.4 Å². The van der Waals surface area contributed by atoms with Gasteiger partial charge in [0.15, 0.2) is 0 Å². The molecule has 0 saturated heterocycles. The predicted octanol–water partition coefficient (Wildman–Crippen LogP) is 4.50. The van der Waals surface area contributed by atoms with E-state index in [2.05, 4.69) is 9.71 Å². The van der Waals surface area contributed by atoms with Crippen LogP contribution < -0.4 is 4.72 Å². The van der Waals surface area contributed by atoms with Crippen molar-refractivity contribution in [3.8, 4) is 11.5 Å². The number of anilines is 1. The smallest absolute Gasteiger partial charge is 0.338 e. The first kappa shape index (κ1) is 20.4. The number of nitrogens with one attached hydrogen (secondary N) is 1. The molecule has 0 aliphatic rings. The average Bonchev–Trinajstić information content (AvgIpc) is 3.28. The van der Waals surface area contributed by atoms with Crippen LogP contribution in [0.15, 0.2) is 101 Å². The fourth-order valence-electron chi connectivity index (χ4n) is 2.83. The van der Waals surface area contributed by atoms with Crippen molar-refractivity contribution >= 4 is 21.7 Å². The number of hydrogen-bond acceptors (Lipinski definition) is 6. The maximum Gasteiger partial charge on any atom is 0.338 e. The molecule has 0 fully saturated rings. The molecule has 0 saturated carbocycles. The highest BCUT2D eigenvalue weighted by atomic mass is 32.2. The molecule has 156 valence electrons. The molecule has 0 radical (unpaired) electrons. The molecule has 4 aromatic rings. The average molecular weight is 434 g/mol. The van der Waals surface area contributed by atoms with E-state index in [0.717, 1.165) is 5.56 Å². The molecule has 4 rings (SSSR count). The Labute approximate surface area is 179 Å². The van der Waals surface area contributed by atoms with Gasteiger partial charge in [-0.15, -0.1) is 0 Å². The highest BCUT2D eigenvalue weighted by Crippen LogP contribution is 2.20. The van der Waals surface area contributed by atoms with Crippen LogP contribution in [0.2, 0.25) is 0 Å². The summed E-state index contributed by atoms with van der Waals surface area (Å²) in [4.78, 5) is 16.9. The highest BCUT2D eigenvalue weighted by molar-refractivity contribution is 7.92. The largest absolute Gasteiger partial charge is 0.455 e. The molecular weight excluding hydrogens is 416 g/mol. The molecule has 0 bridgehead atoms. The lowest BCUT2D eigenvalue weighted by atomic mass is 10.2. The minimum atomic E-state index is -3.76. The second-order valence-corrected chi connectivity index (χ2v) is 8.27. The molecule has 1 heterocycles. The number of aromatic nitrogens is 1. The standard InChI is InChI=1S/C23H18N2O5S/c26-23(30-16-20-15-29-22(24-20)17-8-3-1-4-9-17)18-10-7-11-19(14-18)25-31(27,28)21-12-5-2-6-13-21/h1-15,25H,16H2. The summed E-state index contributed by atoms with van der Waals surface area (Å²) in [7, 11) is -3.76. The number of esters is 1. The molecule has 3 aromatic carbocycles. The highest BCUT2D eigenvalue weighted by Gasteiger charge is 2.16. The number of oxazole rings is 1. The van der Waals surface area contributed by atoms with Crippen molar-refractivity contribution in [1.29, 1.82) is 0 Å². The second-order valence-electron chi connectivity index (χ2n) is 6.59. The number of nitrogens with zero attached hydrogens (tertiary/aromatic N) is 1. The summed E-state index contributed by atoms with van der Waals surface area (Å²) in [5.74, 6) is -0.172. The Morgan fingerprint density at radius 2 is 1.65 bits per heavy atom. The van der Waals surface area contributed by atoms with E-state index in [1.54, 1.807) is 36.4 Å². The van der Waals surface area contributed by atoms with Gasteiger partial charge in [0.1, 0.15) is 18.6 Å². The van der Waals surface area contributed by atoms with E-state index in [9.17, 15) is 13.2 Å². The zero-order valence-corrected chi connectivity index (χ0v) is 17.1. The Kier molecular flexibility index (Phi) is 5.81. The predicted molar refractivity (Wildman–Crippen MR) is 115 cm³/mol. The van der Waals surface area contributed by atoms with Crippen molar-refractivity contribution in [2.45, 2.75) is 11.5 Å². The third-order valence-corrected chi connectivity index (χ3v) is 5.72. The first-order chi connectivity index (χ1) is 15.0. The van der Waals surface area contributed by atoms with E-state index in [0.29, 0.717) is 11.6 Å². The molecule has 7 nitrogen and oxygen atoms in total. The zero-order valence-electron chi connectivity index (χ0n) is 16.3. The quantitative estimate of drug-likeness (QED) is 0.430. The molecule has 1 N–H and O–H groups in total.